The van der Waals surface area contributed by atoms with Crippen LogP contribution in [0.1, 0.15) is 49.9 Å². The number of imidazole rings is 1. The summed E-state index contributed by atoms with van der Waals surface area (Å²) in [6.45, 7) is 3.09. The molecule has 3 aromatic rings. The molecule has 2 aliphatic rings. The smallest absolute Gasteiger partial charge is 0.133 e. The highest BCUT2D eigenvalue weighted by Gasteiger charge is 2.18. The van der Waals surface area contributed by atoms with Crippen molar-refractivity contribution in [1.29, 1.82) is 0 Å². The highest BCUT2D eigenvalue weighted by molar-refractivity contribution is 6.30. The lowest BCUT2D eigenvalue weighted by atomic mass is 9.95. The Labute approximate surface area is 196 Å². The van der Waals surface area contributed by atoms with Gasteiger partial charge in [0.15, 0.2) is 0 Å². The average molecular weight is 449 g/mol. The van der Waals surface area contributed by atoms with Crippen LogP contribution in [0.4, 0.5) is 5.69 Å². The summed E-state index contributed by atoms with van der Waals surface area (Å²) in [5.41, 5.74) is 4.65. The molecule has 1 N–H and O–H groups in total. The van der Waals surface area contributed by atoms with Crippen molar-refractivity contribution in [3.63, 3.8) is 0 Å². The third-order valence-electron chi connectivity index (χ3n) is 6.95. The fraction of sp³-hybridized carbons (Fsp3) is 0.444. The predicted molar refractivity (Wildman–Crippen MR) is 135 cm³/mol. The first-order valence-corrected chi connectivity index (χ1v) is 12.4. The molecule has 2 fully saturated rings. The summed E-state index contributed by atoms with van der Waals surface area (Å²) in [7, 11) is 2.20. The molecular formula is C27H33ClN4. The zero-order valence-electron chi connectivity index (χ0n) is 18.9. The largest absolute Gasteiger partial charge is 0.382 e. The van der Waals surface area contributed by atoms with E-state index in [1.807, 2.05) is 12.1 Å². The number of nitrogens with zero attached hydrogens (tertiary/aromatic N) is 3. The zero-order chi connectivity index (χ0) is 21.9. The minimum Gasteiger partial charge on any atom is -0.382 e. The fourth-order valence-corrected chi connectivity index (χ4v) is 5.26. The van der Waals surface area contributed by atoms with Gasteiger partial charge < -0.3 is 14.8 Å². The van der Waals surface area contributed by atoms with Crippen LogP contribution in [0.15, 0.2) is 48.5 Å². The highest BCUT2D eigenvalue weighted by Crippen LogP contribution is 2.27. The van der Waals surface area contributed by atoms with Crippen molar-refractivity contribution in [3.8, 4) is 0 Å². The highest BCUT2D eigenvalue weighted by atomic mass is 35.5. The lowest BCUT2D eigenvalue weighted by molar-refractivity contribution is 0.408. The second-order valence-electron chi connectivity index (χ2n) is 9.54. The lowest BCUT2D eigenvalue weighted by Gasteiger charge is -2.23. The standard InChI is InChI=1S/C27H33ClN4/c1-31-16-15-21(18-31)9-14-27-30-25-17-24(29-23-5-3-2-4-6-23)12-13-26(25)32(27)19-20-7-10-22(28)11-8-20/h7-14,17,21,23,29H,2-6,15-16,18-19H2,1H3. The summed E-state index contributed by atoms with van der Waals surface area (Å²) in [6, 6.07) is 15.4. The number of aromatic nitrogens is 2. The summed E-state index contributed by atoms with van der Waals surface area (Å²) >= 11 is 6.11. The number of hydrogen-bond donors (Lipinski definition) is 1. The molecular weight excluding hydrogens is 416 g/mol. The molecule has 32 heavy (non-hydrogen) atoms. The van der Waals surface area contributed by atoms with Gasteiger partial charge in [-0.1, -0.05) is 49.1 Å². The van der Waals surface area contributed by atoms with Crippen molar-refractivity contribution in [3.05, 3.63) is 65.0 Å². The Hall–Kier alpha value is -2.30. The van der Waals surface area contributed by atoms with Crippen LogP contribution < -0.4 is 5.32 Å². The molecule has 0 bridgehead atoms. The number of likely N-dealkylation sites (tertiary alicyclic amines) is 1. The second kappa shape index (κ2) is 9.68. The molecule has 2 heterocycles. The van der Waals surface area contributed by atoms with E-state index in [2.05, 4.69) is 64.3 Å². The maximum atomic E-state index is 6.11. The first kappa shape index (κ1) is 21.5. The summed E-state index contributed by atoms with van der Waals surface area (Å²) in [6.07, 6.45) is 12.4. The third-order valence-corrected chi connectivity index (χ3v) is 7.20. The van der Waals surface area contributed by atoms with Gasteiger partial charge in [-0.25, -0.2) is 4.98 Å². The number of halogens is 1. The van der Waals surface area contributed by atoms with Gasteiger partial charge in [-0.2, -0.15) is 0 Å². The van der Waals surface area contributed by atoms with Gasteiger partial charge in [0, 0.05) is 29.8 Å². The first-order valence-electron chi connectivity index (χ1n) is 12.0. The molecule has 1 saturated carbocycles. The molecule has 5 rings (SSSR count). The van der Waals surface area contributed by atoms with Crippen LogP contribution in [0, 0.1) is 5.92 Å². The van der Waals surface area contributed by atoms with Crippen LogP contribution >= 0.6 is 11.6 Å². The molecule has 168 valence electrons. The van der Waals surface area contributed by atoms with Gasteiger partial charge in [0.1, 0.15) is 5.82 Å². The van der Waals surface area contributed by atoms with Gasteiger partial charge >= 0.3 is 0 Å². The Bertz CT molecular complexity index is 1080. The molecule has 1 aliphatic heterocycles. The van der Waals surface area contributed by atoms with Gasteiger partial charge in [0.25, 0.3) is 0 Å². The van der Waals surface area contributed by atoms with E-state index in [4.69, 9.17) is 16.6 Å². The van der Waals surface area contributed by atoms with E-state index in [9.17, 15) is 0 Å². The molecule has 2 aromatic carbocycles. The quantitative estimate of drug-likeness (QED) is 0.470. The van der Waals surface area contributed by atoms with Crippen LogP contribution in [0.25, 0.3) is 17.1 Å². The number of anilines is 1. The number of nitrogens with one attached hydrogen (secondary N) is 1. The van der Waals surface area contributed by atoms with Crippen molar-refractivity contribution in [2.75, 3.05) is 25.5 Å². The van der Waals surface area contributed by atoms with E-state index in [0.717, 1.165) is 29.5 Å². The van der Waals surface area contributed by atoms with Gasteiger partial charge in [0.05, 0.1) is 11.0 Å². The number of rotatable bonds is 6. The average Bonchev–Trinajstić information content (AvgIpc) is 3.37. The Morgan fingerprint density at radius 1 is 1.06 bits per heavy atom. The Morgan fingerprint density at radius 3 is 2.62 bits per heavy atom. The van der Waals surface area contributed by atoms with Crippen LogP contribution in [0.2, 0.25) is 5.02 Å². The Balaban J connectivity index is 1.45. The maximum Gasteiger partial charge on any atom is 0.133 e. The molecule has 1 atom stereocenters. The number of hydrogen-bond acceptors (Lipinski definition) is 3. The maximum absolute atomic E-state index is 6.11. The van der Waals surface area contributed by atoms with Gasteiger partial charge in [-0.05, 0) is 80.7 Å². The third kappa shape index (κ3) is 5.02. The van der Waals surface area contributed by atoms with Crippen molar-refractivity contribution in [2.24, 2.45) is 5.92 Å². The van der Waals surface area contributed by atoms with Crippen LogP contribution in [-0.2, 0) is 6.54 Å². The summed E-state index contributed by atoms with van der Waals surface area (Å²) in [4.78, 5) is 7.45. The zero-order valence-corrected chi connectivity index (χ0v) is 19.7. The van der Waals surface area contributed by atoms with E-state index in [1.54, 1.807) is 0 Å². The normalized spacial score (nSPS) is 20.5. The summed E-state index contributed by atoms with van der Waals surface area (Å²) < 4.78 is 2.33. The number of fused-ring (bicyclic) bond motifs is 1. The van der Waals surface area contributed by atoms with Crippen molar-refractivity contribution >= 4 is 34.4 Å². The predicted octanol–water partition coefficient (Wildman–Crippen LogP) is 6.45. The molecule has 1 saturated heterocycles. The first-order chi connectivity index (χ1) is 15.6. The summed E-state index contributed by atoms with van der Waals surface area (Å²) in [5, 5.41) is 4.52. The molecule has 0 amide bonds. The lowest BCUT2D eigenvalue weighted by Crippen LogP contribution is -2.22. The second-order valence-corrected chi connectivity index (χ2v) is 9.97. The van der Waals surface area contributed by atoms with Crippen molar-refractivity contribution in [1.82, 2.24) is 14.5 Å². The number of benzene rings is 2. The summed E-state index contributed by atoms with van der Waals surface area (Å²) in [5.74, 6) is 1.63. The van der Waals surface area contributed by atoms with Crippen LogP contribution in [0.3, 0.4) is 0 Å². The van der Waals surface area contributed by atoms with Crippen molar-refractivity contribution in [2.45, 2.75) is 51.1 Å². The van der Waals surface area contributed by atoms with Gasteiger partial charge in [0.2, 0.25) is 0 Å². The van der Waals surface area contributed by atoms with E-state index >= 15 is 0 Å². The molecule has 4 nitrogen and oxygen atoms in total. The molecule has 0 radical (unpaired) electrons. The molecule has 1 aromatic heterocycles. The SMILES string of the molecule is CN1CCC(C=Cc2nc3cc(NC4CCCCC4)ccc3n2Cc2ccc(Cl)cc2)C1. The van der Waals surface area contributed by atoms with Gasteiger partial charge in [-0.15, -0.1) is 0 Å². The topological polar surface area (TPSA) is 33.1 Å². The van der Waals surface area contributed by atoms with Gasteiger partial charge in [-0.3, -0.25) is 0 Å². The Kier molecular flexibility index (Phi) is 6.52. The minimum atomic E-state index is 0.594. The Morgan fingerprint density at radius 2 is 1.88 bits per heavy atom. The van der Waals surface area contributed by atoms with E-state index in [-0.39, 0.29) is 0 Å². The van der Waals surface area contributed by atoms with Crippen LogP contribution in [0.5, 0.6) is 0 Å². The molecule has 5 heteroatoms. The van der Waals surface area contributed by atoms with E-state index in [0.29, 0.717) is 12.0 Å². The fourth-order valence-electron chi connectivity index (χ4n) is 5.13. The van der Waals surface area contributed by atoms with Crippen molar-refractivity contribution < 1.29 is 0 Å². The van der Waals surface area contributed by atoms with Crippen LogP contribution in [-0.4, -0.2) is 40.6 Å². The molecule has 0 spiro atoms. The minimum absolute atomic E-state index is 0.594. The molecule has 1 unspecified atom stereocenters. The monoisotopic (exact) mass is 448 g/mol. The molecule has 1 aliphatic carbocycles. The van der Waals surface area contributed by atoms with E-state index in [1.165, 1.54) is 61.8 Å². The van der Waals surface area contributed by atoms with E-state index < -0.39 is 0 Å².